The summed E-state index contributed by atoms with van der Waals surface area (Å²) in [7, 11) is -3.27. The van der Waals surface area contributed by atoms with Gasteiger partial charge in [0.2, 0.25) is 0 Å². The number of carbonyl (C=O) groups is 2. The topological polar surface area (TPSA) is 80.8 Å². The lowest BCUT2D eigenvalue weighted by atomic mass is 9.94. The number of nitrogens with zero attached hydrogens (tertiary/aromatic N) is 1. The fourth-order valence-corrected chi connectivity index (χ4v) is 3.46. The maximum Gasteiger partial charge on any atom is 0.410 e. The molecule has 0 aliphatic carbocycles. The van der Waals surface area contributed by atoms with Crippen molar-refractivity contribution in [1.82, 2.24) is 4.90 Å². The molecule has 1 amide bonds. The van der Waals surface area contributed by atoms with Crippen molar-refractivity contribution in [2.24, 2.45) is 5.92 Å². The fraction of sp³-hybridized carbons (Fsp3) is 0.875. The van der Waals surface area contributed by atoms with Crippen LogP contribution in [0.15, 0.2) is 0 Å². The number of hydrogen-bond donors (Lipinski definition) is 0. The lowest BCUT2D eigenvalue weighted by molar-refractivity contribution is -0.126. The van der Waals surface area contributed by atoms with Gasteiger partial charge in [-0.25, -0.2) is 13.2 Å². The molecule has 0 radical (unpaired) electrons. The summed E-state index contributed by atoms with van der Waals surface area (Å²) in [5.74, 6) is -0.461. The van der Waals surface area contributed by atoms with E-state index in [1.54, 1.807) is 41.5 Å². The number of hydrogen-bond acceptors (Lipinski definition) is 5. The molecule has 23 heavy (non-hydrogen) atoms. The minimum Gasteiger partial charge on any atom is -0.444 e. The van der Waals surface area contributed by atoms with Gasteiger partial charge in [-0.15, -0.1) is 0 Å². The number of rotatable bonds is 3. The molecule has 1 heterocycles. The molecule has 1 aliphatic rings. The maximum absolute atomic E-state index is 12.2. The Labute approximate surface area is 139 Å². The monoisotopic (exact) mass is 347 g/mol. The normalized spacial score (nSPS) is 20.5. The predicted molar refractivity (Wildman–Crippen MR) is 89.1 cm³/mol. The highest BCUT2D eigenvalue weighted by atomic mass is 32.2. The van der Waals surface area contributed by atoms with E-state index in [1.165, 1.54) is 4.90 Å². The zero-order chi connectivity index (χ0) is 18.1. The van der Waals surface area contributed by atoms with Crippen molar-refractivity contribution in [3.63, 3.8) is 0 Å². The zero-order valence-electron chi connectivity index (χ0n) is 15.0. The zero-order valence-corrected chi connectivity index (χ0v) is 15.8. The van der Waals surface area contributed by atoms with E-state index in [4.69, 9.17) is 4.74 Å². The van der Waals surface area contributed by atoms with Crippen LogP contribution in [0.25, 0.3) is 0 Å². The molecular formula is C16H29NO5S. The Hall–Kier alpha value is -1.11. The highest BCUT2D eigenvalue weighted by Crippen LogP contribution is 2.23. The van der Waals surface area contributed by atoms with Crippen molar-refractivity contribution in [2.75, 3.05) is 18.8 Å². The van der Waals surface area contributed by atoms with Gasteiger partial charge in [-0.2, -0.15) is 0 Å². The Kier molecular flexibility index (Phi) is 5.88. The number of likely N-dealkylation sites (tertiary alicyclic amines) is 1. The van der Waals surface area contributed by atoms with E-state index in [-0.39, 0.29) is 30.9 Å². The van der Waals surface area contributed by atoms with Gasteiger partial charge in [0.15, 0.2) is 9.84 Å². The molecule has 1 aliphatic heterocycles. The number of ether oxygens (including phenoxy) is 1. The van der Waals surface area contributed by atoms with E-state index in [2.05, 4.69) is 0 Å². The summed E-state index contributed by atoms with van der Waals surface area (Å²) in [5.41, 5.74) is -0.594. The first-order valence-electron chi connectivity index (χ1n) is 7.96. The largest absolute Gasteiger partial charge is 0.444 e. The lowest BCUT2D eigenvalue weighted by Gasteiger charge is -2.33. The van der Waals surface area contributed by atoms with E-state index >= 15 is 0 Å². The van der Waals surface area contributed by atoms with E-state index in [0.717, 1.165) is 0 Å². The van der Waals surface area contributed by atoms with Crippen LogP contribution in [-0.2, 0) is 19.4 Å². The molecule has 0 bridgehead atoms. The fourth-order valence-electron chi connectivity index (χ4n) is 2.26. The van der Waals surface area contributed by atoms with Crippen LogP contribution in [0.1, 0.15) is 54.4 Å². The first-order valence-corrected chi connectivity index (χ1v) is 9.61. The third kappa shape index (κ3) is 5.79. The summed E-state index contributed by atoms with van der Waals surface area (Å²) in [6.07, 6.45) is 0.0469. The molecule has 0 N–H and O–H groups in total. The molecule has 1 atom stereocenters. The van der Waals surface area contributed by atoms with Crippen molar-refractivity contribution in [1.29, 1.82) is 0 Å². The highest BCUT2D eigenvalue weighted by molar-refractivity contribution is 7.92. The molecule has 0 aromatic carbocycles. The van der Waals surface area contributed by atoms with Gasteiger partial charge in [-0.05, 0) is 48.0 Å². The number of amides is 1. The molecule has 134 valence electrons. The van der Waals surface area contributed by atoms with Gasteiger partial charge in [-0.3, -0.25) is 4.79 Å². The Morgan fingerprint density at radius 1 is 1.22 bits per heavy atom. The molecular weight excluding hydrogens is 318 g/mol. The van der Waals surface area contributed by atoms with Gasteiger partial charge in [0.1, 0.15) is 11.4 Å². The number of ketones is 1. The van der Waals surface area contributed by atoms with Crippen LogP contribution in [-0.4, -0.2) is 54.4 Å². The lowest BCUT2D eigenvalue weighted by Crippen LogP contribution is -2.46. The first kappa shape index (κ1) is 19.9. The average Bonchev–Trinajstić information content (AvgIpc) is 2.34. The molecule has 1 unspecified atom stereocenters. The Bertz CT molecular complexity index is 554. The van der Waals surface area contributed by atoms with Crippen molar-refractivity contribution < 1.29 is 22.7 Å². The number of Topliss-reactive ketones (excluding diaryl/α,β-unsaturated/α-hetero) is 1. The molecule has 1 saturated heterocycles. The van der Waals surface area contributed by atoms with Crippen LogP contribution in [0.3, 0.4) is 0 Å². The van der Waals surface area contributed by atoms with Gasteiger partial charge in [0, 0.05) is 25.4 Å². The Balaban J connectivity index is 2.69. The van der Waals surface area contributed by atoms with E-state index in [1.807, 2.05) is 0 Å². The van der Waals surface area contributed by atoms with Crippen molar-refractivity contribution in [3.05, 3.63) is 0 Å². The molecule has 7 heteroatoms. The van der Waals surface area contributed by atoms with Crippen LogP contribution in [0, 0.1) is 5.92 Å². The van der Waals surface area contributed by atoms with Gasteiger partial charge < -0.3 is 9.64 Å². The third-order valence-electron chi connectivity index (χ3n) is 3.84. The van der Waals surface area contributed by atoms with Crippen molar-refractivity contribution >= 4 is 21.7 Å². The van der Waals surface area contributed by atoms with Crippen molar-refractivity contribution in [3.8, 4) is 0 Å². The van der Waals surface area contributed by atoms with Gasteiger partial charge in [-0.1, -0.05) is 0 Å². The van der Waals surface area contributed by atoms with E-state index < -0.39 is 32.2 Å². The van der Waals surface area contributed by atoms with Gasteiger partial charge in [0.05, 0.1) is 10.5 Å². The highest BCUT2D eigenvalue weighted by Gasteiger charge is 2.35. The van der Waals surface area contributed by atoms with Crippen LogP contribution in [0.2, 0.25) is 0 Å². The smallest absolute Gasteiger partial charge is 0.410 e. The molecule has 0 spiro atoms. The van der Waals surface area contributed by atoms with E-state index in [9.17, 15) is 18.0 Å². The molecule has 0 aromatic rings. The van der Waals surface area contributed by atoms with E-state index in [0.29, 0.717) is 6.54 Å². The summed E-state index contributed by atoms with van der Waals surface area (Å²) in [6.45, 7) is 10.9. The van der Waals surface area contributed by atoms with Gasteiger partial charge >= 0.3 is 6.09 Å². The molecule has 1 fully saturated rings. The molecule has 0 aromatic heterocycles. The molecule has 1 rings (SSSR count). The summed E-state index contributed by atoms with van der Waals surface area (Å²) in [5, 5.41) is 0. The summed E-state index contributed by atoms with van der Waals surface area (Å²) >= 11 is 0. The quantitative estimate of drug-likeness (QED) is 0.783. The SMILES string of the molecule is CC(C)(C)OC(=O)N1CCC(=O)C(CCS(=O)(=O)C(C)(C)C)C1. The first-order chi connectivity index (χ1) is 10.2. The van der Waals surface area contributed by atoms with Crippen LogP contribution in [0.4, 0.5) is 4.79 Å². The predicted octanol–water partition coefficient (Wildman–Crippen LogP) is 2.42. The van der Waals surface area contributed by atoms with Crippen LogP contribution in [0.5, 0.6) is 0 Å². The van der Waals surface area contributed by atoms with Crippen LogP contribution >= 0.6 is 0 Å². The summed E-state index contributed by atoms with van der Waals surface area (Å²) in [4.78, 5) is 25.6. The van der Waals surface area contributed by atoms with Crippen molar-refractivity contribution in [2.45, 2.75) is 64.7 Å². The second kappa shape index (κ2) is 6.79. The standard InChI is InChI=1S/C16H29NO5S/c1-15(2,3)22-14(19)17-9-7-13(18)12(11-17)8-10-23(20,21)16(4,5)6/h12H,7-11H2,1-6H3. The Morgan fingerprint density at radius 2 is 1.78 bits per heavy atom. The number of sulfone groups is 1. The Morgan fingerprint density at radius 3 is 2.26 bits per heavy atom. The molecule has 0 saturated carbocycles. The average molecular weight is 347 g/mol. The summed E-state index contributed by atoms with van der Waals surface area (Å²) in [6, 6.07) is 0. The number of piperidine rings is 1. The maximum atomic E-state index is 12.2. The second-order valence-electron chi connectivity index (χ2n) is 8.06. The minimum absolute atomic E-state index is 0.0221. The summed E-state index contributed by atoms with van der Waals surface area (Å²) < 4.78 is 28.9. The minimum atomic E-state index is -3.27. The number of carbonyl (C=O) groups excluding carboxylic acids is 2. The van der Waals surface area contributed by atoms with Gasteiger partial charge in [0.25, 0.3) is 0 Å². The molecule has 6 nitrogen and oxygen atoms in total. The van der Waals surface area contributed by atoms with Crippen LogP contribution < -0.4 is 0 Å². The second-order valence-corrected chi connectivity index (χ2v) is 10.9. The third-order valence-corrected chi connectivity index (χ3v) is 6.48.